The van der Waals surface area contributed by atoms with Crippen LogP contribution in [0.1, 0.15) is 24.0 Å². The molecule has 2 aromatic carbocycles. The van der Waals surface area contributed by atoms with E-state index in [1.807, 2.05) is 23.1 Å². The molecule has 3 rings (SSSR count). The number of nitrogens with one attached hydrogen (secondary N) is 2. The van der Waals surface area contributed by atoms with E-state index in [4.69, 9.17) is 20.4 Å². The number of piperidine rings is 1. The Morgan fingerprint density at radius 2 is 1.84 bits per heavy atom. The Bertz CT molecular complexity index is 821. The van der Waals surface area contributed by atoms with Gasteiger partial charge in [-0.2, -0.15) is 0 Å². The van der Waals surface area contributed by atoms with E-state index in [2.05, 4.69) is 41.0 Å². The number of urea groups is 1. The van der Waals surface area contributed by atoms with E-state index in [9.17, 15) is 4.79 Å². The molecule has 0 saturated carbocycles. The second-order valence-electron chi connectivity index (χ2n) is 7.58. The predicted octanol–water partition coefficient (Wildman–Crippen LogP) is 2.73. The minimum atomic E-state index is -0.250. The van der Waals surface area contributed by atoms with Crippen molar-refractivity contribution in [2.75, 3.05) is 38.6 Å². The molecule has 0 radical (unpaired) electrons. The van der Waals surface area contributed by atoms with Crippen molar-refractivity contribution < 1.29 is 19.4 Å². The average molecular weight is 443 g/mol. The van der Waals surface area contributed by atoms with Gasteiger partial charge in [-0.3, -0.25) is 4.79 Å². The monoisotopic (exact) mass is 442 g/mol. The molecule has 1 saturated heterocycles. The molecule has 174 valence electrons. The molecule has 1 aliphatic rings. The molecule has 1 fully saturated rings. The molecular formula is C24H34N4O4. The number of nitrogens with two attached hydrogens (primary N) is 1. The van der Waals surface area contributed by atoms with Crippen molar-refractivity contribution in [3.05, 3.63) is 59.7 Å². The fourth-order valence-corrected chi connectivity index (χ4v) is 3.65. The number of hydrogen-bond acceptors (Lipinski definition) is 5. The third-order valence-corrected chi connectivity index (χ3v) is 5.36. The summed E-state index contributed by atoms with van der Waals surface area (Å²) in [5.41, 5.74) is 9.15. The van der Waals surface area contributed by atoms with Crippen molar-refractivity contribution in [1.29, 1.82) is 0 Å². The van der Waals surface area contributed by atoms with Crippen molar-refractivity contribution in [1.82, 2.24) is 10.2 Å². The highest BCUT2D eigenvalue weighted by atomic mass is 16.5. The quantitative estimate of drug-likeness (QED) is 0.467. The molecular weight excluding hydrogens is 408 g/mol. The van der Waals surface area contributed by atoms with Crippen LogP contribution in [-0.4, -0.2) is 61.8 Å². The lowest BCUT2D eigenvalue weighted by Gasteiger charge is -2.33. The molecule has 2 amide bonds. The first kappa shape index (κ1) is 25.0. The predicted molar refractivity (Wildman–Crippen MR) is 126 cm³/mol. The highest BCUT2D eigenvalue weighted by molar-refractivity contribution is 5.74. The molecule has 2 aromatic rings. The molecule has 0 spiro atoms. The summed E-state index contributed by atoms with van der Waals surface area (Å²) in [6, 6.07) is 16.9. The first-order chi connectivity index (χ1) is 15.6. The largest absolute Gasteiger partial charge is 0.497 e. The maximum absolute atomic E-state index is 12.4. The first-order valence-corrected chi connectivity index (χ1v) is 10.9. The van der Waals surface area contributed by atoms with Crippen molar-refractivity contribution >= 4 is 18.2 Å². The highest BCUT2D eigenvalue weighted by Crippen LogP contribution is 2.18. The zero-order valence-corrected chi connectivity index (χ0v) is 18.6. The number of likely N-dealkylation sites (tertiary alicyclic amines) is 1. The van der Waals surface area contributed by atoms with Crippen LogP contribution >= 0.6 is 0 Å². The summed E-state index contributed by atoms with van der Waals surface area (Å²) in [4.78, 5) is 22.7. The van der Waals surface area contributed by atoms with Crippen molar-refractivity contribution in [3.8, 4) is 5.75 Å². The Morgan fingerprint density at radius 1 is 1.16 bits per heavy atom. The number of benzene rings is 2. The minimum Gasteiger partial charge on any atom is -0.497 e. The molecule has 1 aliphatic heterocycles. The maximum Gasteiger partial charge on any atom is 0.317 e. The Balaban J connectivity index is 0.00000114. The van der Waals surface area contributed by atoms with E-state index < -0.39 is 0 Å². The van der Waals surface area contributed by atoms with E-state index >= 15 is 0 Å². The van der Waals surface area contributed by atoms with Crippen molar-refractivity contribution in [2.24, 2.45) is 5.73 Å². The van der Waals surface area contributed by atoms with Gasteiger partial charge in [0.15, 0.2) is 0 Å². The van der Waals surface area contributed by atoms with Crippen LogP contribution in [0.2, 0.25) is 0 Å². The van der Waals surface area contributed by atoms with Gasteiger partial charge in [-0.1, -0.05) is 24.3 Å². The summed E-state index contributed by atoms with van der Waals surface area (Å²) in [6.45, 7) is 2.59. The number of carboxylic acid groups (broad SMARTS) is 1. The van der Waals surface area contributed by atoms with Crippen LogP contribution in [0.4, 0.5) is 10.5 Å². The lowest BCUT2D eigenvalue weighted by atomic mass is 10.0. The van der Waals surface area contributed by atoms with Crippen molar-refractivity contribution in [2.45, 2.75) is 31.7 Å². The molecule has 0 bridgehead atoms. The lowest BCUT2D eigenvalue weighted by molar-refractivity contribution is -0.122. The molecule has 8 nitrogen and oxygen atoms in total. The lowest BCUT2D eigenvalue weighted by Crippen LogP contribution is -2.47. The molecule has 0 unspecified atom stereocenters. The van der Waals surface area contributed by atoms with Crippen LogP contribution in [0, 0.1) is 0 Å². The summed E-state index contributed by atoms with van der Waals surface area (Å²) < 4.78 is 5.24. The minimum absolute atomic E-state index is 0.0254. The average Bonchev–Trinajstić information content (AvgIpc) is 2.81. The SMILES string of the molecule is COc1cccc(CCNC(=O)N2CCC(Nc3ccc(CCN)cc3)CC2)c1.O=CO. The van der Waals surface area contributed by atoms with Gasteiger partial charge in [0.25, 0.3) is 6.47 Å². The number of carbonyl (C=O) groups excluding carboxylic acids is 1. The van der Waals surface area contributed by atoms with E-state index in [-0.39, 0.29) is 12.5 Å². The number of nitrogens with zero attached hydrogens (tertiary/aromatic N) is 1. The van der Waals surface area contributed by atoms with E-state index in [1.165, 1.54) is 5.56 Å². The third-order valence-electron chi connectivity index (χ3n) is 5.36. The fraction of sp³-hybridized carbons (Fsp3) is 0.417. The molecule has 5 N–H and O–H groups in total. The molecule has 0 aliphatic carbocycles. The first-order valence-electron chi connectivity index (χ1n) is 10.9. The van der Waals surface area contributed by atoms with Gasteiger partial charge in [0.05, 0.1) is 7.11 Å². The second-order valence-corrected chi connectivity index (χ2v) is 7.58. The molecule has 32 heavy (non-hydrogen) atoms. The van der Waals surface area contributed by atoms with Gasteiger partial charge in [-0.15, -0.1) is 0 Å². The van der Waals surface area contributed by atoms with Crippen LogP contribution in [0.3, 0.4) is 0 Å². The number of anilines is 1. The smallest absolute Gasteiger partial charge is 0.317 e. The maximum atomic E-state index is 12.4. The number of methoxy groups -OCH3 is 1. The van der Waals surface area contributed by atoms with Gasteiger partial charge < -0.3 is 31.1 Å². The third kappa shape index (κ3) is 8.47. The standard InChI is InChI=1S/C23H32N4O2.CH2O2/c1-29-22-4-2-3-19(17-22)10-14-25-23(28)27-15-11-21(12-16-27)26-20-7-5-18(6-8-20)9-13-24;2-1-3/h2-8,17,21,26H,9-16,24H2,1H3,(H,25,28);1H,(H,2,3). The van der Waals surface area contributed by atoms with Gasteiger partial charge in [0, 0.05) is 31.4 Å². The molecule has 8 heteroatoms. The number of carbonyl (C=O) groups is 2. The van der Waals surface area contributed by atoms with E-state index in [0.717, 1.165) is 55.8 Å². The van der Waals surface area contributed by atoms with Gasteiger partial charge in [-0.25, -0.2) is 4.79 Å². The number of rotatable bonds is 8. The zero-order valence-electron chi connectivity index (χ0n) is 18.6. The summed E-state index contributed by atoms with van der Waals surface area (Å²) >= 11 is 0. The van der Waals surface area contributed by atoms with E-state index in [1.54, 1.807) is 7.11 Å². The summed E-state index contributed by atoms with van der Waals surface area (Å²) in [7, 11) is 1.66. The molecule has 1 heterocycles. The Hall–Kier alpha value is -3.26. The van der Waals surface area contributed by atoms with Crippen LogP contribution in [0.5, 0.6) is 5.75 Å². The molecule has 0 aromatic heterocycles. The van der Waals surface area contributed by atoms with Gasteiger partial charge in [-0.05, 0) is 67.6 Å². The van der Waals surface area contributed by atoms with Crippen LogP contribution in [0.25, 0.3) is 0 Å². The van der Waals surface area contributed by atoms with Crippen LogP contribution in [0.15, 0.2) is 48.5 Å². The summed E-state index contributed by atoms with van der Waals surface area (Å²) in [6.07, 6.45) is 3.61. The summed E-state index contributed by atoms with van der Waals surface area (Å²) in [5, 5.41) is 13.5. The normalized spacial score (nSPS) is 13.5. The number of ether oxygens (including phenoxy) is 1. The second kappa shape index (κ2) is 13.9. The Labute approximate surface area is 189 Å². The van der Waals surface area contributed by atoms with Gasteiger partial charge in [0.2, 0.25) is 0 Å². The topological polar surface area (TPSA) is 117 Å². The molecule has 0 atom stereocenters. The fourth-order valence-electron chi connectivity index (χ4n) is 3.65. The van der Waals surface area contributed by atoms with Gasteiger partial charge >= 0.3 is 6.03 Å². The van der Waals surface area contributed by atoms with Crippen molar-refractivity contribution in [3.63, 3.8) is 0 Å². The number of amides is 2. The van der Waals surface area contributed by atoms with Crippen LogP contribution in [-0.2, 0) is 17.6 Å². The summed E-state index contributed by atoms with van der Waals surface area (Å²) in [5.74, 6) is 0.845. The Kier molecular flexibility index (Phi) is 10.9. The van der Waals surface area contributed by atoms with E-state index in [0.29, 0.717) is 19.1 Å². The zero-order chi connectivity index (χ0) is 23.2. The Morgan fingerprint density at radius 3 is 2.47 bits per heavy atom. The highest BCUT2D eigenvalue weighted by Gasteiger charge is 2.22. The van der Waals surface area contributed by atoms with Crippen LogP contribution < -0.4 is 21.1 Å². The number of hydrogen-bond donors (Lipinski definition) is 4. The van der Waals surface area contributed by atoms with Gasteiger partial charge in [0.1, 0.15) is 5.75 Å².